The summed E-state index contributed by atoms with van der Waals surface area (Å²) in [6.07, 6.45) is 7.26. The Morgan fingerprint density at radius 3 is 2.58 bits per heavy atom. The minimum Gasteiger partial charge on any atom is -0.506 e. The molecule has 0 fully saturated rings. The third-order valence-electron chi connectivity index (χ3n) is 4.44. The molecule has 4 rings (SSSR count). The predicted molar refractivity (Wildman–Crippen MR) is 99.1 cm³/mol. The monoisotopic (exact) mass is 343 g/mol. The minimum absolute atomic E-state index is 0.0712. The lowest BCUT2D eigenvalue weighted by Crippen LogP contribution is -2.07. The van der Waals surface area contributed by atoms with Crippen LogP contribution in [0.25, 0.3) is 10.9 Å². The molecule has 0 radical (unpaired) electrons. The Labute approximate surface area is 150 Å². The van der Waals surface area contributed by atoms with E-state index in [-0.39, 0.29) is 17.4 Å². The zero-order valence-electron chi connectivity index (χ0n) is 13.9. The van der Waals surface area contributed by atoms with Gasteiger partial charge in [0, 0.05) is 47.6 Å². The quantitative estimate of drug-likeness (QED) is 0.589. The Bertz CT molecular complexity index is 1040. The second-order valence-electron chi connectivity index (χ2n) is 6.13. The fourth-order valence-electron chi connectivity index (χ4n) is 3.19. The van der Waals surface area contributed by atoms with Gasteiger partial charge in [-0.15, -0.1) is 0 Å². The molecule has 26 heavy (non-hydrogen) atoms. The molecule has 0 saturated carbocycles. The summed E-state index contributed by atoms with van der Waals surface area (Å²) in [5.74, 6) is 0.0767. The lowest BCUT2D eigenvalue weighted by Gasteiger charge is -2.19. The van der Waals surface area contributed by atoms with Crippen molar-refractivity contribution in [3.63, 3.8) is 0 Å². The van der Waals surface area contributed by atoms with Crippen LogP contribution in [-0.2, 0) is 6.42 Å². The van der Waals surface area contributed by atoms with E-state index in [1.54, 1.807) is 18.5 Å². The number of aromatic nitrogens is 3. The van der Waals surface area contributed by atoms with Gasteiger partial charge in [0.2, 0.25) is 0 Å². The Kier molecular flexibility index (Phi) is 4.19. The highest BCUT2D eigenvalue weighted by molar-refractivity contribution is 5.86. The molecule has 4 aromatic rings. The van der Waals surface area contributed by atoms with Crippen LogP contribution < -0.4 is 0 Å². The summed E-state index contributed by atoms with van der Waals surface area (Å²) in [5.41, 5.74) is 3.15. The van der Waals surface area contributed by atoms with Gasteiger partial charge in [-0.3, -0.25) is 9.97 Å². The second kappa shape index (κ2) is 6.80. The number of nitrogens with zero attached hydrogens (tertiary/aromatic N) is 3. The number of fused-ring (bicyclic) bond motifs is 1. The standard InChI is InChI=1S/C21H17N3O2/c25-17-10-14-6-7-18(21(26)20(14)24-13-17)19(15-4-3-8-22-12-15)11-16-5-1-2-9-23-16/h1-10,12-13,19,25-26H,11H2. The summed E-state index contributed by atoms with van der Waals surface area (Å²) in [6.45, 7) is 0. The Morgan fingerprint density at radius 2 is 1.81 bits per heavy atom. The van der Waals surface area contributed by atoms with Crippen molar-refractivity contribution < 1.29 is 10.2 Å². The molecule has 2 N–H and O–H groups in total. The number of rotatable bonds is 4. The smallest absolute Gasteiger partial charge is 0.145 e. The molecule has 0 aliphatic carbocycles. The van der Waals surface area contributed by atoms with Crippen molar-refractivity contribution in [3.05, 3.63) is 90.1 Å². The molecule has 5 heteroatoms. The molecule has 0 aliphatic rings. The van der Waals surface area contributed by atoms with Gasteiger partial charge in [0.05, 0.1) is 6.20 Å². The Balaban J connectivity index is 1.85. The molecule has 0 bridgehead atoms. The maximum atomic E-state index is 10.9. The van der Waals surface area contributed by atoms with Crippen molar-refractivity contribution in [3.8, 4) is 11.5 Å². The Hall–Kier alpha value is -3.47. The van der Waals surface area contributed by atoms with Gasteiger partial charge in [0.25, 0.3) is 0 Å². The molecule has 0 aliphatic heterocycles. The fourth-order valence-corrected chi connectivity index (χ4v) is 3.19. The summed E-state index contributed by atoms with van der Waals surface area (Å²) in [7, 11) is 0. The van der Waals surface area contributed by atoms with Crippen molar-refractivity contribution in [2.75, 3.05) is 0 Å². The molecular formula is C21H17N3O2. The van der Waals surface area contributed by atoms with E-state index in [1.807, 2.05) is 48.7 Å². The molecule has 3 heterocycles. The fraction of sp³-hybridized carbons (Fsp3) is 0.0952. The molecule has 0 spiro atoms. The van der Waals surface area contributed by atoms with Crippen molar-refractivity contribution >= 4 is 10.9 Å². The number of phenolic OH excluding ortho intramolecular Hbond substituents is 1. The first-order valence-electron chi connectivity index (χ1n) is 8.33. The van der Waals surface area contributed by atoms with Crippen LogP contribution in [0.5, 0.6) is 11.5 Å². The van der Waals surface area contributed by atoms with Crippen LogP contribution in [0.1, 0.15) is 22.7 Å². The molecule has 3 aromatic heterocycles. The maximum absolute atomic E-state index is 10.9. The van der Waals surface area contributed by atoms with Crippen LogP contribution >= 0.6 is 0 Å². The molecule has 5 nitrogen and oxygen atoms in total. The molecule has 1 unspecified atom stereocenters. The van der Waals surface area contributed by atoms with Gasteiger partial charge in [-0.2, -0.15) is 0 Å². The zero-order valence-corrected chi connectivity index (χ0v) is 13.9. The van der Waals surface area contributed by atoms with Gasteiger partial charge in [-0.1, -0.05) is 24.3 Å². The van der Waals surface area contributed by atoms with Gasteiger partial charge >= 0.3 is 0 Å². The normalized spacial score (nSPS) is 12.2. The highest BCUT2D eigenvalue weighted by Crippen LogP contribution is 2.37. The summed E-state index contributed by atoms with van der Waals surface area (Å²) in [6, 6.07) is 15.0. The largest absolute Gasteiger partial charge is 0.506 e. The number of phenols is 1. The maximum Gasteiger partial charge on any atom is 0.145 e. The predicted octanol–water partition coefficient (Wildman–Crippen LogP) is 3.81. The van der Waals surface area contributed by atoms with E-state index in [1.165, 1.54) is 6.20 Å². The van der Waals surface area contributed by atoms with Crippen molar-refractivity contribution in [1.82, 2.24) is 15.0 Å². The van der Waals surface area contributed by atoms with Crippen LogP contribution in [-0.4, -0.2) is 25.2 Å². The highest BCUT2D eigenvalue weighted by atomic mass is 16.3. The average molecular weight is 343 g/mol. The van der Waals surface area contributed by atoms with Gasteiger partial charge in [-0.05, 0) is 29.8 Å². The van der Waals surface area contributed by atoms with Gasteiger partial charge in [0.15, 0.2) is 0 Å². The average Bonchev–Trinajstić information content (AvgIpc) is 2.68. The minimum atomic E-state index is -0.112. The topological polar surface area (TPSA) is 79.1 Å². The third kappa shape index (κ3) is 3.07. The van der Waals surface area contributed by atoms with E-state index in [0.29, 0.717) is 17.3 Å². The van der Waals surface area contributed by atoms with Crippen LogP contribution in [0.3, 0.4) is 0 Å². The first kappa shape index (κ1) is 16.0. The molecule has 1 aromatic carbocycles. The number of pyridine rings is 3. The lowest BCUT2D eigenvalue weighted by atomic mass is 9.87. The highest BCUT2D eigenvalue weighted by Gasteiger charge is 2.21. The third-order valence-corrected chi connectivity index (χ3v) is 4.44. The number of hydrogen-bond acceptors (Lipinski definition) is 5. The van der Waals surface area contributed by atoms with Crippen LogP contribution in [0.2, 0.25) is 0 Å². The summed E-state index contributed by atoms with van der Waals surface area (Å²) < 4.78 is 0. The molecule has 1 atom stereocenters. The number of benzene rings is 1. The first-order valence-corrected chi connectivity index (χ1v) is 8.33. The van der Waals surface area contributed by atoms with E-state index < -0.39 is 0 Å². The van der Waals surface area contributed by atoms with Crippen LogP contribution in [0, 0.1) is 0 Å². The molecule has 0 saturated heterocycles. The van der Waals surface area contributed by atoms with E-state index in [9.17, 15) is 10.2 Å². The van der Waals surface area contributed by atoms with Crippen molar-refractivity contribution in [1.29, 1.82) is 0 Å². The summed E-state index contributed by atoms with van der Waals surface area (Å²) in [4.78, 5) is 12.8. The van der Waals surface area contributed by atoms with E-state index in [4.69, 9.17) is 0 Å². The van der Waals surface area contributed by atoms with Crippen LogP contribution in [0.4, 0.5) is 0 Å². The van der Waals surface area contributed by atoms with E-state index >= 15 is 0 Å². The first-order chi connectivity index (χ1) is 12.7. The van der Waals surface area contributed by atoms with Crippen molar-refractivity contribution in [2.24, 2.45) is 0 Å². The number of aromatic hydroxyl groups is 2. The van der Waals surface area contributed by atoms with Crippen LogP contribution in [0.15, 0.2) is 73.3 Å². The SMILES string of the molecule is Oc1cnc2c(O)c(C(Cc3ccccn3)c3cccnc3)ccc2c1. The van der Waals surface area contributed by atoms with Gasteiger partial charge in [-0.25, -0.2) is 4.98 Å². The number of hydrogen-bond donors (Lipinski definition) is 2. The van der Waals surface area contributed by atoms with Gasteiger partial charge in [0.1, 0.15) is 17.0 Å². The lowest BCUT2D eigenvalue weighted by molar-refractivity contribution is 0.466. The van der Waals surface area contributed by atoms with Gasteiger partial charge < -0.3 is 10.2 Å². The summed E-state index contributed by atoms with van der Waals surface area (Å²) in [5, 5.41) is 21.2. The molecule has 0 amide bonds. The summed E-state index contributed by atoms with van der Waals surface area (Å²) >= 11 is 0. The van der Waals surface area contributed by atoms with E-state index in [0.717, 1.165) is 16.8 Å². The second-order valence-corrected chi connectivity index (χ2v) is 6.13. The van der Waals surface area contributed by atoms with E-state index in [2.05, 4.69) is 15.0 Å². The van der Waals surface area contributed by atoms with Crippen molar-refractivity contribution in [2.45, 2.75) is 12.3 Å². The molecular weight excluding hydrogens is 326 g/mol. The molecule has 128 valence electrons. The Morgan fingerprint density at radius 1 is 0.885 bits per heavy atom. The zero-order chi connectivity index (χ0) is 17.9.